The molecule has 1 fully saturated rings. The second-order valence-corrected chi connectivity index (χ2v) is 8.99. The number of fused-ring (bicyclic) bond motifs is 3. The van der Waals surface area contributed by atoms with E-state index in [0.717, 1.165) is 52.2 Å². The molecule has 0 amide bonds. The zero-order valence-electron chi connectivity index (χ0n) is 20.8. The van der Waals surface area contributed by atoms with Crippen molar-refractivity contribution >= 4 is 21.9 Å². The molecule has 0 spiro atoms. The van der Waals surface area contributed by atoms with E-state index >= 15 is 0 Å². The van der Waals surface area contributed by atoms with Crippen molar-refractivity contribution in [2.24, 2.45) is 0 Å². The third kappa shape index (κ3) is 4.54. The van der Waals surface area contributed by atoms with E-state index in [-0.39, 0.29) is 12.6 Å². The van der Waals surface area contributed by atoms with Crippen LogP contribution < -0.4 is 4.74 Å². The molecule has 0 saturated carbocycles. The molecule has 4 heterocycles. The third-order valence-electron chi connectivity index (χ3n) is 6.59. The van der Waals surface area contributed by atoms with Crippen molar-refractivity contribution in [1.82, 2.24) is 24.6 Å². The summed E-state index contributed by atoms with van der Waals surface area (Å²) in [6.07, 6.45) is 1.72. The van der Waals surface area contributed by atoms with Crippen LogP contribution in [0.15, 0.2) is 22.9 Å². The highest BCUT2D eigenvalue weighted by Gasteiger charge is 2.24. The molecule has 0 bridgehead atoms. The van der Waals surface area contributed by atoms with E-state index in [9.17, 15) is 8.78 Å². The van der Waals surface area contributed by atoms with Crippen LogP contribution in [0.25, 0.3) is 33.1 Å². The Bertz CT molecular complexity index is 1360. The SMILES string of the molecule is COc1cc2c(cc1-c1c(C)noc1C)ncc1nc(CN3CCOCC3)n([C@@H](C)COC(F)F)c12. The number of imidazole rings is 1. The molecule has 192 valence electrons. The highest BCUT2D eigenvalue weighted by Crippen LogP contribution is 2.39. The second-order valence-electron chi connectivity index (χ2n) is 8.99. The van der Waals surface area contributed by atoms with Gasteiger partial charge in [0, 0.05) is 24.0 Å². The molecule has 36 heavy (non-hydrogen) atoms. The largest absolute Gasteiger partial charge is 0.496 e. The summed E-state index contributed by atoms with van der Waals surface area (Å²) in [6, 6.07) is 3.47. The van der Waals surface area contributed by atoms with Gasteiger partial charge in [0.25, 0.3) is 0 Å². The fourth-order valence-corrected chi connectivity index (χ4v) is 4.92. The molecular formula is C25H29F2N5O4. The lowest BCUT2D eigenvalue weighted by Gasteiger charge is -2.27. The van der Waals surface area contributed by atoms with Gasteiger partial charge >= 0.3 is 6.61 Å². The Morgan fingerprint density at radius 3 is 2.58 bits per heavy atom. The van der Waals surface area contributed by atoms with Gasteiger partial charge in [0.15, 0.2) is 0 Å². The molecule has 9 nitrogen and oxygen atoms in total. The third-order valence-corrected chi connectivity index (χ3v) is 6.59. The summed E-state index contributed by atoms with van der Waals surface area (Å²) >= 11 is 0. The fraction of sp³-hybridized carbons (Fsp3) is 0.480. The Balaban J connectivity index is 1.69. The Morgan fingerprint density at radius 2 is 1.92 bits per heavy atom. The Labute approximate surface area is 206 Å². The zero-order chi connectivity index (χ0) is 25.4. The van der Waals surface area contributed by atoms with Crippen molar-refractivity contribution in [2.75, 3.05) is 40.0 Å². The van der Waals surface area contributed by atoms with Gasteiger partial charge in [0.05, 0.1) is 68.0 Å². The van der Waals surface area contributed by atoms with Crippen LogP contribution in [0.3, 0.4) is 0 Å². The number of aryl methyl sites for hydroxylation is 2. The van der Waals surface area contributed by atoms with Gasteiger partial charge in [-0.1, -0.05) is 5.16 Å². The highest BCUT2D eigenvalue weighted by molar-refractivity contribution is 6.05. The van der Waals surface area contributed by atoms with E-state index < -0.39 is 6.61 Å². The van der Waals surface area contributed by atoms with E-state index in [1.165, 1.54) is 0 Å². The topological polar surface area (TPSA) is 87.7 Å². The number of pyridine rings is 1. The molecule has 1 saturated heterocycles. The first kappa shape index (κ1) is 24.5. The van der Waals surface area contributed by atoms with Crippen molar-refractivity contribution in [3.63, 3.8) is 0 Å². The summed E-state index contributed by atoms with van der Waals surface area (Å²) in [7, 11) is 1.61. The molecule has 4 aromatic rings. The molecule has 1 atom stereocenters. The standard InChI is InChI=1S/C25H29F2N5O4/c1-14(13-35-25(26)27)32-22(12-31-5-7-34-8-6-31)29-20-11-28-19-9-18(23-15(2)30-36-16(23)3)21(33-4)10-17(19)24(20)32/h9-11,14,25H,5-8,12-13H2,1-4H3/t14-/m0/s1. The fourth-order valence-electron chi connectivity index (χ4n) is 4.92. The summed E-state index contributed by atoms with van der Waals surface area (Å²) in [4.78, 5) is 11.8. The van der Waals surface area contributed by atoms with Crippen LogP contribution in [0.2, 0.25) is 0 Å². The lowest BCUT2D eigenvalue weighted by Crippen LogP contribution is -2.36. The number of nitrogens with zero attached hydrogens (tertiary/aromatic N) is 5. The smallest absolute Gasteiger partial charge is 0.345 e. The van der Waals surface area contributed by atoms with Gasteiger partial charge in [0.2, 0.25) is 0 Å². The predicted molar refractivity (Wildman–Crippen MR) is 129 cm³/mol. The van der Waals surface area contributed by atoms with Crippen LogP contribution in [0, 0.1) is 13.8 Å². The number of benzene rings is 1. The van der Waals surface area contributed by atoms with E-state index in [0.29, 0.717) is 36.8 Å². The monoisotopic (exact) mass is 501 g/mol. The maximum Gasteiger partial charge on any atom is 0.345 e. The molecule has 0 radical (unpaired) electrons. The lowest BCUT2D eigenvalue weighted by atomic mass is 10.0. The molecule has 1 aliphatic heterocycles. The number of alkyl halides is 2. The quantitative estimate of drug-likeness (QED) is 0.349. The van der Waals surface area contributed by atoms with Gasteiger partial charge in [0.1, 0.15) is 22.9 Å². The number of morpholine rings is 1. The molecule has 1 aliphatic rings. The molecule has 0 aliphatic carbocycles. The van der Waals surface area contributed by atoms with Gasteiger partial charge in [-0.15, -0.1) is 0 Å². The molecule has 0 N–H and O–H groups in total. The van der Waals surface area contributed by atoms with Crippen LogP contribution >= 0.6 is 0 Å². The summed E-state index contributed by atoms with van der Waals surface area (Å²) in [5.74, 6) is 2.08. The summed E-state index contributed by atoms with van der Waals surface area (Å²) in [6.45, 7) is 6.00. The number of aromatic nitrogens is 4. The van der Waals surface area contributed by atoms with Crippen LogP contribution in [0.5, 0.6) is 5.75 Å². The van der Waals surface area contributed by atoms with Crippen LogP contribution in [0.4, 0.5) is 8.78 Å². The predicted octanol–water partition coefficient (Wildman–Crippen LogP) is 4.50. The lowest BCUT2D eigenvalue weighted by molar-refractivity contribution is -0.135. The van der Waals surface area contributed by atoms with Crippen LogP contribution in [0.1, 0.15) is 30.2 Å². The second kappa shape index (κ2) is 10.1. The van der Waals surface area contributed by atoms with Gasteiger partial charge in [-0.05, 0) is 32.9 Å². The Morgan fingerprint density at radius 1 is 1.14 bits per heavy atom. The Kier molecular flexibility index (Phi) is 6.87. The molecule has 0 unspecified atom stereocenters. The van der Waals surface area contributed by atoms with Gasteiger partial charge < -0.3 is 23.3 Å². The summed E-state index contributed by atoms with van der Waals surface area (Å²) < 4.78 is 49.1. The normalized spacial score (nSPS) is 15.9. The van der Waals surface area contributed by atoms with Crippen molar-refractivity contribution < 1.29 is 27.5 Å². The van der Waals surface area contributed by atoms with Crippen LogP contribution in [-0.4, -0.2) is 71.2 Å². The molecular weight excluding hydrogens is 472 g/mol. The molecule has 3 aromatic heterocycles. The van der Waals surface area contributed by atoms with Crippen molar-refractivity contribution in [3.8, 4) is 16.9 Å². The van der Waals surface area contributed by atoms with Crippen molar-refractivity contribution in [1.29, 1.82) is 0 Å². The molecule has 11 heteroatoms. The minimum atomic E-state index is -2.85. The van der Waals surface area contributed by atoms with E-state index in [4.69, 9.17) is 23.7 Å². The van der Waals surface area contributed by atoms with Gasteiger partial charge in [-0.25, -0.2) is 4.98 Å². The number of ether oxygens (including phenoxy) is 3. The minimum Gasteiger partial charge on any atom is -0.496 e. The first-order valence-corrected chi connectivity index (χ1v) is 11.9. The van der Waals surface area contributed by atoms with Crippen molar-refractivity contribution in [3.05, 3.63) is 35.6 Å². The highest BCUT2D eigenvalue weighted by atomic mass is 19.3. The van der Waals surface area contributed by atoms with Crippen LogP contribution in [-0.2, 0) is 16.0 Å². The number of hydrogen-bond acceptors (Lipinski definition) is 8. The number of rotatable bonds is 8. The maximum atomic E-state index is 12.9. The number of methoxy groups -OCH3 is 1. The first-order valence-electron chi connectivity index (χ1n) is 11.9. The zero-order valence-corrected chi connectivity index (χ0v) is 20.8. The molecule has 5 rings (SSSR count). The van der Waals surface area contributed by atoms with Gasteiger partial charge in [-0.2, -0.15) is 8.78 Å². The van der Waals surface area contributed by atoms with E-state index in [1.807, 2.05) is 37.5 Å². The van der Waals surface area contributed by atoms with E-state index in [1.54, 1.807) is 13.3 Å². The van der Waals surface area contributed by atoms with E-state index in [2.05, 4.69) is 15.0 Å². The first-order chi connectivity index (χ1) is 17.4. The minimum absolute atomic E-state index is 0.155. The number of halogens is 2. The summed E-state index contributed by atoms with van der Waals surface area (Å²) in [5, 5.41) is 4.88. The maximum absolute atomic E-state index is 12.9. The summed E-state index contributed by atoms with van der Waals surface area (Å²) in [5.41, 5.74) is 4.64. The average molecular weight is 502 g/mol. The Hall–Kier alpha value is -3.15. The van der Waals surface area contributed by atoms with Gasteiger partial charge in [-0.3, -0.25) is 9.88 Å². The average Bonchev–Trinajstić information content (AvgIpc) is 3.41. The number of hydrogen-bond donors (Lipinski definition) is 0. The molecule has 1 aromatic carbocycles. The van der Waals surface area contributed by atoms with Crippen molar-refractivity contribution in [2.45, 2.75) is 40.0 Å².